The number of rotatable bonds is 6. The first-order chi connectivity index (χ1) is 19.5. The lowest BCUT2D eigenvalue weighted by molar-refractivity contribution is -0.431. The topological polar surface area (TPSA) is 156 Å². The van der Waals surface area contributed by atoms with Crippen molar-refractivity contribution in [2.75, 3.05) is 46.0 Å². The molecule has 0 aromatic heterocycles. The average molecular weight is 596 g/mol. The third-order valence-electron chi connectivity index (χ3n) is 9.49. The number of carbonyl (C=O) groups excluding carboxylic acids is 2. The number of amides is 1. The number of fused-ring (bicyclic) bond motifs is 2. The molecular weight excluding hydrogens is 552 g/mol. The Hall–Kier alpha value is -0.940. The molecule has 1 saturated carbocycles. The number of thioether (sulfide) groups is 2. The normalized spacial score (nSPS) is 45.7. The number of hydrogen-bond donors (Lipinski definition) is 7. The molecule has 1 amide bonds. The number of quaternary nitrogens is 1. The number of carbonyl (C=O) groups is 2. The van der Waals surface area contributed by atoms with Crippen LogP contribution >= 0.6 is 23.5 Å². The van der Waals surface area contributed by atoms with E-state index in [9.17, 15) is 9.59 Å². The predicted molar refractivity (Wildman–Crippen MR) is 153 cm³/mol. The highest BCUT2D eigenvalue weighted by atomic mass is 32.2. The standard InChI is InChI=1S/C26H42N8O4S2/c27-14-3-1-2-4-15(14)30-26-31-16-10-28-24(36)20(16)23(33-26)32-18-11-29-25(39-18)13-12-38-21-17(35)9-19(40-22(13)21)34-5-7-37-8-6-34/h9,13-16,18,20-23,25-26,29-33H,1-8,10-12,27H2,(H,28,36)/p+1/t13?,14-,15+,16?,18?,20?,21?,22?,23?,25?,26?/m1/s1. The van der Waals surface area contributed by atoms with Crippen molar-refractivity contribution in [1.29, 1.82) is 0 Å². The molecule has 6 fully saturated rings. The molecule has 0 bridgehead atoms. The molecule has 0 radical (unpaired) electrons. The van der Waals surface area contributed by atoms with Gasteiger partial charge in [-0.15, -0.1) is 23.5 Å². The maximum absolute atomic E-state index is 13.0. The Bertz CT molecular complexity index is 1000. The van der Waals surface area contributed by atoms with Gasteiger partial charge in [0.2, 0.25) is 5.91 Å². The number of morpholine rings is 1. The minimum atomic E-state index is -0.369. The van der Waals surface area contributed by atoms with E-state index in [0.717, 1.165) is 37.5 Å². The summed E-state index contributed by atoms with van der Waals surface area (Å²) in [5, 5.41) is 23.1. The lowest BCUT2D eigenvalue weighted by Gasteiger charge is -2.42. The highest BCUT2D eigenvalue weighted by Gasteiger charge is 2.51. The van der Waals surface area contributed by atoms with Gasteiger partial charge in [0.25, 0.3) is 0 Å². The van der Waals surface area contributed by atoms with Crippen molar-refractivity contribution >= 4 is 35.2 Å². The monoisotopic (exact) mass is 595 g/mol. The number of nitrogens with zero attached hydrogens (tertiary/aromatic N) is 1. The van der Waals surface area contributed by atoms with Crippen LogP contribution in [0.2, 0.25) is 0 Å². The molecule has 7 aliphatic rings. The third-order valence-corrected chi connectivity index (χ3v) is 12.4. The van der Waals surface area contributed by atoms with E-state index < -0.39 is 0 Å². The van der Waals surface area contributed by atoms with Gasteiger partial charge in [0, 0.05) is 50.6 Å². The maximum atomic E-state index is 13.0. The summed E-state index contributed by atoms with van der Waals surface area (Å²) < 4.78 is 11.6. The molecule has 5 saturated heterocycles. The molecule has 6 heterocycles. The van der Waals surface area contributed by atoms with Crippen molar-refractivity contribution in [2.45, 2.75) is 78.4 Å². The van der Waals surface area contributed by atoms with Gasteiger partial charge < -0.3 is 30.7 Å². The van der Waals surface area contributed by atoms with E-state index in [4.69, 9.17) is 9.47 Å². The van der Waals surface area contributed by atoms with Gasteiger partial charge in [0.15, 0.2) is 5.78 Å². The van der Waals surface area contributed by atoms with Crippen molar-refractivity contribution in [1.82, 2.24) is 36.8 Å². The summed E-state index contributed by atoms with van der Waals surface area (Å²) in [6.07, 6.45) is 5.96. The molecule has 7 rings (SSSR count). The van der Waals surface area contributed by atoms with Crippen LogP contribution in [0, 0.1) is 11.8 Å². The molecular formula is C26H43N8O4S2+. The van der Waals surface area contributed by atoms with Crippen LogP contribution in [-0.2, 0) is 19.1 Å². The minimum Gasteiger partial charge on any atom is -0.378 e. The Morgan fingerprint density at radius 3 is 2.77 bits per heavy atom. The zero-order valence-corrected chi connectivity index (χ0v) is 24.4. The fourth-order valence-corrected chi connectivity index (χ4v) is 10.3. The fraction of sp³-hybridized carbons (Fsp3) is 0.846. The molecule has 11 atom stereocenters. The predicted octanol–water partition coefficient (Wildman–Crippen LogP) is -2.50. The molecule has 9 unspecified atom stereocenters. The van der Waals surface area contributed by atoms with Gasteiger partial charge >= 0.3 is 0 Å². The summed E-state index contributed by atoms with van der Waals surface area (Å²) in [5.41, 5.74) is 4.38. The molecule has 40 heavy (non-hydrogen) atoms. The van der Waals surface area contributed by atoms with Crippen molar-refractivity contribution in [2.24, 2.45) is 11.8 Å². The second kappa shape index (κ2) is 12.0. The summed E-state index contributed by atoms with van der Waals surface area (Å²) >= 11 is 3.66. The van der Waals surface area contributed by atoms with Crippen LogP contribution in [0.15, 0.2) is 11.1 Å². The van der Waals surface area contributed by atoms with Crippen LogP contribution in [-0.4, -0.2) is 115 Å². The molecule has 222 valence electrons. The van der Waals surface area contributed by atoms with Gasteiger partial charge in [-0.3, -0.25) is 30.9 Å². The zero-order chi connectivity index (χ0) is 27.2. The first kappa shape index (κ1) is 27.9. The van der Waals surface area contributed by atoms with Gasteiger partial charge in [-0.05, 0) is 12.8 Å². The quantitative estimate of drug-likeness (QED) is 0.174. The van der Waals surface area contributed by atoms with E-state index in [0.29, 0.717) is 38.4 Å². The maximum Gasteiger partial charge on any atom is 0.227 e. The van der Waals surface area contributed by atoms with Crippen LogP contribution < -0.4 is 37.6 Å². The molecule has 0 aromatic carbocycles. The van der Waals surface area contributed by atoms with E-state index in [1.807, 2.05) is 11.8 Å². The zero-order valence-electron chi connectivity index (χ0n) is 22.8. The van der Waals surface area contributed by atoms with Crippen molar-refractivity contribution in [3.63, 3.8) is 0 Å². The Balaban J connectivity index is 0.985. The second-order valence-electron chi connectivity index (χ2n) is 12.0. The number of nitrogens with one attached hydrogen (secondary N) is 6. The van der Waals surface area contributed by atoms with E-state index in [2.05, 4.69) is 42.5 Å². The van der Waals surface area contributed by atoms with Gasteiger partial charge in [0.05, 0.1) is 65.0 Å². The fourth-order valence-electron chi connectivity index (χ4n) is 7.27. The second-order valence-corrected chi connectivity index (χ2v) is 14.6. The largest absolute Gasteiger partial charge is 0.378 e. The van der Waals surface area contributed by atoms with Crippen LogP contribution in [0.5, 0.6) is 0 Å². The van der Waals surface area contributed by atoms with E-state index in [-0.39, 0.29) is 64.1 Å². The Morgan fingerprint density at radius 2 is 1.93 bits per heavy atom. The Morgan fingerprint density at radius 1 is 1.07 bits per heavy atom. The molecule has 6 aliphatic heterocycles. The van der Waals surface area contributed by atoms with E-state index >= 15 is 0 Å². The molecule has 0 aromatic rings. The van der Waals surface area contributed by atoms with Crippen molar-refractivity contribution in [3.8, 4) is 0 Å². The van der Waals surface area contributed by atoms with Gasteiger partial charge in [0.1, 0.15) is 12.4 Å². The summed E-state index contributed by atoms with van der Waals surface area (Å²) in [5.74, 6) is 0.224. The summed E-state index contributed by atoms with van der Waals surface area (Å²) in [6, 6.07) is 0.848. The van der Waals surface area contributed by atoms with Crippen LogP contribution in [0.1, 0.15) is 25.7 Å². The lowest BCUT2D eigenvalue weighted by Crippen LogP contribution is -2.77. The molecule has 0 spiro atoms. The van der Waals surface area contributed by atoms with Crippen molar-refractivity contribution in [3.05, 3.63) is 11.1 Å². The first-order valence-corrected chi connectivity index (χ1v) is 16.8. The SMILES string of the molecule is [NH3+][C@@H]1CCCC[C@@H]1NC1NC2CNC(=O)C2C(NC2CNC(C3COC4C(=O)C=C(N5CCOCC5)SC43)S2)N1. The van der Waals surface area contributed by atoms with Crippen LogP contribution in [0.25, 0.3) is 0 Å². The number of ether oxygens (including phenoxy) is 2. The Labute approximate surface area is 243 Å². The van der Waals surface area contributed by atoms with E-state index in [1.54, 1.807) is 17.8 Å². The van der Waals surface area contributed by atoms with Gasteiger partial charge in [-0.25, -0.2) is 0 Å². The number of ketones is 1. The lowest BCUT2D eigenvalue weighted by atomic mass is 9.90. The first-order valence-electron chi connectivity index (χ1n) is 14.9. The highest BCUT2D eigenvalue weighted by Crippen LogP contribution is 2.45. The minimum absolute atomic E-state index is 0.0739. The van der Waals surface area contributed by atoms with Crippen molar-refractivity contribution < 1.29 is 24.8 Å². The summed E-state index contributed by atoms with van der Waals surface area (Å²) in [7, 11) is 0. The van der Waals surface area contributed by atoms with Gasteiger partial charge in [-0.2, -0.15) is 0 Å². The highest BCUT2D eigenvalue weighted by molar-refractivity contribution is 8.04. The van der Waals surface area contributed by atoms with Crippen LogP contribution in [0.4, 0.5) is 0 Å². The molecule has 12 nitrogen and oxygen atoms in total. The summed E-state index contributed by atoms with van der Waals surface area (Å²) in [4.78, 5) is 28.1. The average Bonchev–Trinajstić information content (AvgIpc) is 3.69. The summed E-state index contributed by atoms with van der Waals surface area (Å²) in [6.45, 7) is 5.06. The Kier molecular flexibility index (Phi) is 8.35. The van der Waals surface area contributed by atoms with Crippen LogP contribution in [0.3, 0.4) is 0 Å². The van der Waals surface area contributed by atoms with Gasteiger partial charge in [-0.1, -0.05) is 6.42 Å². The number of hydrogen-bond acceptors (Lipinski definition) is 12. The molecule has 14 heteroatoms. The third kappa shape index (κ3) is 5.56. The smallest absolute Gasteiger partial charge is 0.227 e. The molecule has 9 N–H and O–H groups in total. The van der Waals surface area contributed by atoms with E-state index in [1.165, 1.54) is 12.8 Å². The molecule has 1 aliphatic carbocycles.